The molecule has 3 heteroatoms. The molecule has 0 fully saturated rings. The van der Waals surface area contributed by atoms with Gasteiger partial charge in [0.2, 0.25) is 0 Å². The Morgan fingerprint density at radius 2 is 2.00 bits per heavy atom. The molecule has 0 aromatic rings. The minimum absolute atomic E-state index is 0.138. The highest BCUT2D eigenvalue weighted by atomic mass is 16.3. The van der Waals surface area contributed by atoms with Crippen molar-refractivity contribution in [3.05, 3.63) is 29.5 Å². The summed E-state index contributed by atoms with van der Waals surface area (Å²) < 4.78 is 0. The van der Waals surface area contributed by atoms with Crippen molar-refractivity contribution >= 4 is 0 Å². The SMILES string of the molecule is C=C(O)CCCC(=C)N=O. The number of hydrogen-bond donors (Lipinski definition) is 1. The largest absolute Gasteiger partial charge is 0.513 e. The maximum atomic E-state index is 9.75. The molecule has 0 aromatic heterocycles. The Labute approximate surface area is 60.0 Å². The molecule has 0 saturated carbocycles. The van der Waals surface area contributed by atoms with Crippen LogP contribution in [0.5, 0.6) is 0 Å². The highest BCUT2D eigenvalue weighted by Crippen LogP contribution is 2.08. The molecule has 0 heterocycles. The van der Waals surface area contributed by atoms with E-state index in [0.29, 0.717) is 25.0 Å². The van der Waals surface area contributed by atoms with Crippen LogP contribution in [0.2, 0.25) is 0 Å². The van der Waals surface area contributed by atoms with Gasteiger partial charge >= 0.3 is 0 Å². The van der Waals surface area contributed by atoms with Crippen LogP contribution in [0.3, 0.4) is 0 Å². The van der Waals surface area contributed by atoms with Gasteiger partial charge in [0.25, 0.3) is 0 Å². The first kappa shape index (κ1) is 8.88. The molecule has 0 aliphatic rings. The van der Waals surface area contributed by atoms with Crippen LogP contribution in [-0.4, -0.2) is 5.11 Å². The molecule has 0 amide bonds. The van der Waals surface area contributed by atoms with E-state index >= 15 is 0 Å². The number of allylic oxidation sites excluding steroid dienone is 2. The zero-order chi connectivity index (χ0) is 7.98. The molecule has 3 nitrogen and oxygen atoms in total. The number of rotatable bonds is 5. The number of nitroso groups, excluding NO2 is 1. The van der Waals surface area contributed by atoms with E-state index in [1.165, 1.54) is 0 Å². The van der Waals surface area contributed by atoms with Crippen LogP contribution in [0.15, 0.2) is 29.8 Å². The van der Waals surface area contributed by atoms with Gasteiger partial charge in [0.1, 0.15) is 0 Å². The van der Waals surface area contributed by atoms with Crippen molar-refractivity contribution in [3.8, 4) is 0 Å². The smallest absolute Gasteiger partial charge is 0.0851 e. The summed E-state index contributed by atoms with van der Waals surface area (Å²) in [5.74, 6) is 0.138. The lowest BCUT2D eigenvalue weighted by atomic mass is 10.2. The maximum absolute atomic E-state index is 9.75. The van der Waals surface area contributed by atoms with E-state index in [9.17, 15) is 4.91 Å². The second kappa shape index (κ2) is 4.73. The van der Waals surface area contributed by atoms with Gasteiger partial charge in [-0.15, -0.1) is 4.91 Å². The van der Waals surface area contributed by atoms with Crippen LogP contribution in [-0.2, 0) is 0 Å². The molecule has 0 rings (SSSR count). The fraction of sp³-hybridized carbons (Fsp3) is 0.429. The lowest BCUT2D eigenvalue weighted by Crippen LogP contribution is -1.80. The van der Waals surface area contributed by atoms with Crippen LogP contribution >= 0.6 is 0 Å². The van der Waals surface area contributed by atoms with E-state index in [2.05, 4.69) is 18.3 Å². The highest BCUT2D eigenvalue weighted by molar-refractivity contribution is 4.91. The summed E-state index contributed by atoms with van der Waals surface area (Å²) in [6, 6.07) is 0. The van der Waals surface area contributed by atoms with Crippen molar-refractivity contribution < 1.29 is 5.11 Å². The Kier molecular flexibility index (Phi) is 4.20. The summed E-state index contributed by atoms with van der Waals surface area (Å²) >= 11 is 0. The molecule has 10 heavy (non-hydrogen) atoms. The Hall–Kier alpha value is -1.12. The third kappa shape index (κ3) is 5.03. The van der Waals surface area contributed by atoms with Crippen molar-refractivity contribution in [1.82, 2.24) is 0 Å². The van der Waals surface area contributed by atoms with E-state index in [4.69, 9.17) is 5.11 Å². The van der Waals surface area contributed by atoms with Crippen LogP contribution in [0.1, 0.15) is 19.3 Å². The Morgan fingerprint density at radius 3 is 2.40 bits per heavy atom. The Morgan fingerprint density at radius 1 is 1.40 bits per heavy atom. The Bertz CT molecular complexity index is 152. The number of nitrogens with zero attached hydrogens (tertiary/aromatic N) is 1. The van der Waals surface area contributed by atoms with E-state index in [-0.39, 0.29) is 5.76 Å². The molecule has 0 aliphatic carbocycles. The molecule has 0 bridgehead atoms. The standard InChI is InChI=1S/C7H11NO2/c1-6(8-10)4-3-5-7(2)9/h9H,1-5H2. The van der Waals surface area contributed by atoms with Gasteiger partial charge in [-0.2, -0.15) is 0 Å². The monoisotopic (exact) mass is 141 g/mol. The van der Waals surface area contributed by atoms with E-state index < -0.39 is 0 Å². The summed E-state index contributed by atoms with van der Waals surface area (Å²) in [7, 11) is 0. The number of hydrogen-bond acceptors (Lipinski definition) is 3. The Balaban J connectivity index is 3.28. The predicted octanol–water partition coefficient (Wildman–Crippen LogP) is 2.51. The molecule has 0 aromatic carbocycles. The van der Waals surface area contributed by atoms with Gasteiger partial charge in [0, 0.05) is 6.42 Å². The minimum atomic E-state index is 0.138. The van der Waals surface area contributed by atoms with Crippen molar-refractivity contribution in [2.45, 2.75) is 19.3 Å². The average molecular weight is 141 g/mol. The summed E-state index contributed by atoms with van der Waals surface area (Å²) in [5, 5.41) is 11.2. The fourth-order valence-electron chi connectivity index (χ4n) is 0.542. The fourth-order valence-corrected chi connectivity index (χ4v) is 0.542. The maximum Gasteiger partial charge on any atom is 0.0851 e. The van der Waals surface area contributed by atoms with Crippen molar-refractivity contribution in [2.24, 2.45) is 5.18 Å². The normalized spacial score (nSPS) is 8.80. The predicted molar refractivity (Wildman–Crippen MR) is 40.6 cm³/mol. The molecule has 0 atom stereocenters. The molecule has 56 valence electrons. The topological polar surface area (TPSA) is 49.7 Å². The van der Waals surface area contributed by atoms with Crippen LogP contribution in [0, 0.1) is 4.91 Å². The third-order valence-corrected chi connectivity index (χ3v) is 1.06. The first-order valence-electron chi connectivity index (χ1n) is 3.04. The third-order valence-electron chi connectivity index (χ3n) is 1.06. The van der Waals surface area contributed by atoms with Gasteiger partial charge < -0.3 is 5.11 Å². The summed E-state index contributed by atoms with van der Waals surface area (Å²) in [4.78, 5) is 9.75. The lowest BCUT2D eigenvalue weighted by Gasteiger charge is -1.95. The quantitative estimate of drug-likeness (QED) is 0.472. The van der Waals surface area contributed by atoms with Crippen LogP contribution in [0.4, 0.5) is 0 Å². The van der Waals surface area contributed by atoms with Crippen molar-refractivity contribution in [2.75, 3.05) is 0 Å². The minimum Gasteiger partial charge on any atom is -0.513 e. The van der Waals surface area contributed by atoms with Gasteiger partial charge in [0.15, 0.2) is 0 Å². The summed E-state index contributed by atoms with van der Waals surface area (Å²) in [6.45, 7) is 6.67. The lowest BCUT2D eigenvalue weighted by molar-refractivity contribution is 0.387. The molecule has 0 spiro atoms. The first-order valence-corrected chi connectivity index (χ1v) is 3.04. The molecule has 0 unspecified atom stereocenters. The second-order valence-corrected chi connectivity index (χ2v) is 2.08. The molecule has 1 N–H and O–H groups in total. The van der Waals surface area contributed by atoms with Gasteiger partial charge in [0.05, 0.1) is 11.5 Å². The number of aliphatic hydroxyl groups is 1. The number of aliphatic hydroxyl groups excluding tert-OH is 1. The van der Waals surface area contributed by atoms with Crippen molar-refractivity contribution in [1.29, 1.82) is 0 Å². The highest BCUT2D eigenvalue weighted by Gasteiger charge is 1.93. The summed E-state index contributed by atoms with van der Waals surface area (Å²) in [5.41, 5.74) is 0.321. The van der Waals surface area contributed by atoms with Gasteiger partial charge in [-0.05, 0) is 18.0 Å². The van der Waals surface area contributed by atoms with Gasteiger partial charge in [-0.3, -0.25) is 0 Å². The molecule has 0 aliphatic heterocycles. The van der Waals surface area contributed by atoms with Crippen molar-refractivity contribution in [3.63, 3.8) is 0 Å². The second-order valence-electron chi connectivity index (χ2n) is 2.08. The summed E-state index contributed by atoms with van der Waals surface area (Å²) in [6.07, 6.45) is 1.72. The van der Waals surface area contributed by atoms with Gasteiger partial charge in [-0.25, -0.2) is 0 Å². The van der Waals surface area contributed by atoms with E-state index in [1.54, 1.807) is 0 Å². The zero-order valence-corrected chi connectivity index (χ0v) is 5.84. The average Bonchev–Trinajstić information content (AvgIpc) is 1.87. The van der Waals surface area contributed by atoms with Gasteiger partial charge in [-0.1, -0.05) is 13.2 Å². The van der Waals surface area contributed by atoms with E-state index in [0.717, 1.165) is 0 Å². The zero-order valence-electron chi connectivity index (χ0n) is 5.84. The first-order chi connectivity index (χ1) is 4.66. The molecular formula is C7H11NO2. The van der Waals surface area contributed by atoms with E-state index in [1.807, 2.05) is 0 Å². The molecule has 0 saturated heterocycles. The molecule has 0 radical (unpaired) electrons. The van der Waals surface area contributed by atoms with Crippen LogP contribution in [0.25, 0.3) is 0 Å². The molecular weight excluding hydrogens is 130 g/mol. The van der Waals surface area contributed by atoms with Crippen LogP contribution < -0.4 is 0 Å².